The molecule has 1 N–H and O–H groups in total. The van der Waals surface area contributed by atoms with Crippen LogP contribution in [0.5, 0.6) is 0 Å². The molecule has 1 aromatic rings. The first-order chi connectivity index (χ1) is 9.54. The molecule has 0 fully saturated rings. The lowest BCUT2D eigenvalue weighted by Gasteiger charge is -2.03. The smallest absolute Gasteiger partial charge is 0.331 e. The molecule has 20 heavy (non-hydrogen) atoms. The molecule has 1 aromatic carbocycles. The van der Waals surface area contributed by atoms with E-state index in [9.17, 15) is 9.59 Å². The van der Waals surface area contributed by atoms with Crippen LogP contribution in [0, 0.1) is 0 Å². The van der Waals surface area contributed by atoms with Gasteiger partial charge >= 0.3 is 5.97 Å². The Hall–Kier alpha value is -1.70. The predicted octanol–water partition coefficient (Wildman–Crippen LogP) is 1.82. The van der Waals surface area contributed by atoms with E-state index in [4.69, 9.17) is 9.29 Å². The molecule has 0 unspecified atom stereocenters. The van der Waals surface area contributed by atoms with E-state index in [1.54, 1.807) is 24.3 Å². The van der Waals surface area contributed by atoms with E-state index in [1.165, 1.54) is 13.8 Å². The SMILES string of the molecule is CC(=O)ON=C(C)C(=O)c1ccc(SOCCO)cc1. The number of aliphatic hydroxyl groups is 1. The lowest BCUT2D eigenvalue weighted by Crippen LogP contribution is -2.11. The Kier molecular flexibility index (Phi) is 6.92. The van der Waals surface area contributed by atoms with Gasteiger partial charge in [0.25, 0.3) is 0 Å². The maximum atomic E-state index is 11.9. The maximum Gasteiger partial charge on any atom is 0.331 e. The number of nitrogens with zero attached hydrogens (tertiary/aromatic N) is 1. The molecule has 0 bridgehead atoms. The van der Waals surface area contributed by atoms with Gasteiger partial charge in [0.15, 0.2) is 0 Å². The molecule has 0 saturated carbocycles. The molecule has 6 nitrogen and oxygen atoms in total. The van der Waals surface area contributed by atoms with Gasteiger partial charge < -0.3 is 14.1 Å². The number of hydrogen-bond donors (Lipinski definition) is 1. The van der Waals surface area contributed by atoms with Gasteiger partial charge in [-0.05, 0) is 31.2 Å². The van der Waals surface area contributed by atoms with E-state index in [0.717, 1.165) is 16.9 Å². The minimum atomic E-state index is -0.579. The summed E-state index contributed by atoms with van der Waals surface area (Å²) in [6, 6.07) is 6.68. The average molecular weight is 297 g/mol. The van der Waals surface area contributed by atoms with Gasteiger partial charge in [-0.2, -0.15) is 0 Å². The van der Waals surface area contributed by atoms with Crippen LogP contribution in [0.2, 0.25) is 0 Å². The monoisotopic (exact) mass is 297 g/mol. The van der Waals surface area contributed by atoms with E-state index in [-0.39, 0.29) is 24.7 Å². The minimum absolute atomic E-state index is 0.0463. The molecule has 0 aliphatic carbocycles. The first kappa shape index (κ1) is 16.4. The number of ketones is 1. The quantitative estimate of drug-likeness (QED) is 0.206. The van der Waals surface area contributed by atoms with Gasteiger partial charge in [0.05, 0.1) is 13.2 Å². The Balaban J connectivity index is 2.65. The summed E-state index contributed by atoms with van der Waals surface area (Å²) in [6.45, 7) is 2.87. The number of carbonyl (C=O) groups is 2. The highest BCUT2D eigenvalue weighted by Crippen LogP contribution is 2.19. The second kappa shape index (κ2) is 8.47. The van der Waals surface area contributed by atoms with Crippen molar-refractivity contribution < 1.29 is 23.7 Å². The van der Waals surface area contributed by atoms with Gasteiger partial charge in [-0.15, -0.1) is 0 Å². The van der Waals surface area contributed by atoms with Crippen molar-refractivity contribution in [1.82, 2.24) is 0 Å². The van der Waals surface area contributed by atoms with Crippen molar-refractivity contribution in [1.29, 1.82) is 0 Å². The summed E-state index contributed by atoms with van der Waals surface area (Å²) in [7, 11) is 0. The second-order valence-corrected chi connectivity index (χ2v) is 4.62. The van der Waals surface area contributed by atoms with E-state index in [2.05, 4.69) is 9.99 Å². The van der Waals surface area contributed by atoms with Crippen LogP contribution in [-0.2, 0) is 13.8 Å². The molecule has 0 radical (unpaired) electrons. The van der Waals surface area contributed by atoms with Gasteiger partial charge in [0, 0.05) is 29.4 Å². The molecule has 0 spiro atoms. The fourth-order valence-electron chi connectivity index (χ4n) is 1.19. The van der Waals surface area contributed by atoms with Gasteiger partial charge in [0.2, 0.25) is 5.78 Å². The topological polar surface area (TPSA) is 85.2 Å². The van der Waals surface area contributed by atoms with Crippen LogP contribution in [0.3, 0.4) is 0 Å². The summed E-state index contributed by atoms with van der Waals surface area (Å²) in [5.41, 5.74) is 0.530. The Labute approximate surface area is 121 Å². The van der Waals surface area contributed by atoms with Gasteiger partial charge in [-0.1, -0.05) is 5.16 Å². The molecule has 1 rings (SSSR count). The molecule has 0 saturated heterocycles. The first-order valence-electron chi connectivity index (χ1n) is 5.82. The summed E-state index contributed by atoms with van der Waals surface area (Å²) in [5, 5.41) is 12.0. The fraction of sp³-hybridized carbons (Fsp3) is 0.308. The summed E-state index contributed by atoms with van der Waals surface area (Å²) >= 11 is 1.12. The van der Waals surface area contributed by atoms with Crippen LogP contribution >= 0.6 is 12.0 Å². The highest BCUT2D eigenvalue weighted by atomic mass is 32.2. The number of oxime groups is 1. The van der Waals surface area contributed by atoms with Crippen molar-refractivity contribution in [2.24, 2.45) is 5.16 Å². The van der Waals surface area contributed by atoms with E-state index >= 15 is 0 Å². The molecule has 0 amide bonds. The average Bonchev–Trinajstić information content (AvgIpc) is 2.45. The Bertz CT molecular complexity index is 498. The third kappa shape index (κ3) is 5.52. The van der Waals surface area contributed by atoms with Crippen LogP contribution < -0.4 is 0 Å². The van der Waals surface area contributed by atoms with Gasteiger partial charge in [-0.3, -0.25) is 4.79 Å². The number of aliphatic hydroxyl groups excluding tert-OH is 1. The molecular weight excluding hydrogens is 282 g/mol. The highest BCUT2D eigenvalue weighted by Gasteiger charge is 2.11. The summed E-state index contributed by atoms with van der Waals surface area (Å²) in [4.78, 5) is 27.8. The number of Topliss-reactive ketones (excluding diaryl/α,β-unsaturated/α-hetero) is 1. The van der Waals surface area contributed by atoms with Crippen LogP contribution in [0.15, 0.2) is 34.3 Å². The molecule has 0 atom stereocenters. The predicted molar refractivity (Wildman–Crippen MR) is 74.5 cm³/mol. The Morgan fingerprint density at radius 3 is 2.45 bits per heavy atom. The second-order valence-electron chi connectivity index (χ2n) is 3.74. The van der Waals surface area contributed by atoms with Crippen molar-refractivity contribution in [3.63, 3.8) is 0 Å². The molecule has 108 valence electrons. The molecule has 0 aliphatic heterocycles. The summed E-state index contributed by atoms with van der Waals surface area (Å²) in [6.07, 6.45) is 0. The van der Waals surface area contributed by atoms with Gasteiger partial charge in [0.1, 0.15) is 5.71 Å². The Morgan fingerprint density at radius 2 is 1.90 bits per heavy atom. The zero-order valence-corrected chi connectivity index (χ0v) is 12.0. The lowest BCUT2D eigenvalue weighted by atomic mass is 10.1. The van der Waals surface area contributed by atoms with Crippen LogP contribution in [-0.4, -0.2) is 35.8 Å². The largest absolute Gasteiger partial charge is 0.394 e. The lowest BCUT2D eigenvalue weighted by molar-refractivity contribution is -0.140. The number of carbonyl (C=O) groups excluding carboxylic acids is 2. The molecule has 7 heteroatoms. The van der Waals surface area contributed by atoms with Crippen molar-refractivity contribution >= 4 is 29.5 Å². The summed E-state index contributed by atoms with van der Waals surface area (Å²) in [5.74, 6) is -0.899. The zero-order chi connectivity index (χ0) is 15.0. The van der Waals surface area contributed by atoms with Crippen molar-refractivity contribution in [3.8, 4) is 0 Å². The molecule has 0 heterocycles. The molecule has 0 aliphatic rings. The van der Waals surface area contributed by atoms with Crippen molar-refractivity contribution in [2.75, 3.05) is 13.2 Å². The maximum absolute atomic E-state index is 11.9. The standard InChI is InChI=1S/C13H15NO5S/c1-9(14-19-10(2)16)13(17)11-3-5-12(6-4-11)20-18-8-7-15/h3-6,15H,7-8H2,1-2H3. The third-order valence-corrected chi connectivity index (χ3v) is 2.84. The van der Waals surface area contributed by atoms with Crippen molar-refractivity contribution in [3.05, 3.63) is 29.8 Å². The normalized spacial score (nSPS) is 11.2. The van der Waals surface area contributed by atoms with E-state index in [0.29, 0.717) is 5.56 Å². The summed E-state index contributed by atoms with van der Waals surface area (Å²) < 4.78 is 5.08. The van der Waals surface area contributed by atoms with Crippen LogP contribution in [0.4, 0.5) is 0 Å². The highest BCUT2D eigenvalue weighted by molar-refractivity contribution is 7.94. The van der Waals surface area contributed by atoms with Crippen molar-refractivity contribution in [2.45, 2.75) is 18.7 Å². The molecule has 0 aromatic heterocycles. The Morgan fingerprint density at radius 1 is 1.25 bits per heavy atom. The number of benzene rings is 1. The van der Waals surface area contributed by atoms with E-state index in [1.807, 2.05) is 0 Å². The van der Waals surface area contributed by atoms with Crippen LogP contribution in [0.25, 0.3) is 0 Å². The minimum Gasteiger partial charge on any atom is -0.394 e. The first-order valence-corrected chi connectivity index (χ1v) is 6.56. The molecular formula is C13H15NO5S. The van der Waals surface area contributed by atoms with Crippen LogP contribution in [0.1, 0.15) is 24.2 Å². The number of rotatable bonds is 7. The zero-order valence-electron chi connectivity index (χ0n) is 11.2. The third-order valence-electron chi connectivity index (χ3n) is 2.09. The number of hydrogen-bond acceptors (Lipinski definition) is 7. The fourth-order valence-corrected chi connectivity index (χ4v) is 1.73. The van der Waals surface area contributed by atoms with Gasteiger partial charge in [-0.25, -0.2) is 4.79 Å². The van der Waals surface area contributed by atoms with E-state index < -0.39 is 5.97 Å².